The molecule has 1 heterocycles. The number of esters is 1. The molecule has 0 aliphatic heterocycles. The number of carbonyl (C=O) groups excluding carboxylic acids is 1. The van der Waals surface area contributed by atoms with Crippen LogP contribution in [0.5, 0.6) is 5.88 Å². The fourth-order valence-electron chi connectivity index (χ4n) is 2.35. The zero-order valence-electron chi connectivity index (χ0n) is 13.4. The third-order valence-corrected chi connectivity index (χ3v) is 3.40. The van der Waals surface area contributed by atoms with Crippen molar-refractivity contribution in [1.29, 1.82) is 0 Å². The Morgan fingerprint density at radius 2 is 1.71 bits per heavy atom. The van der Waals surface area contributed by atoms with Gasteiger partial charge in [-0.15, -0.1) is 5.10 Å². The summed E-state index contributed by atoms with van der Waals surface area (Å²) in [6.07, 6.45) is 0. The van der Waals surface area contributed by atoms with Gasteiger partial charge in [-0.2, -0.15) is 0 Å². The predicted octanol–water partition coefficient (Wildman–Crippen LogP) is 3.48. The summed E-state index contributed by atoms with van der Waals surface area (Å²) in [5.74, 6) is -0.0289. The first-order chi connectivity index (χ1) is 11.8. The second kappa shape index (κ2) is 7.46. The molecule has 24 heavy (non-hydrogen) atoms. The van der Waals surface area contributed by atoms with Crippen molar-refractivity contribution < 1.29 is 14.3 Å². The molecule has 0 aliphatic carbocycles. The minimum Gasteiger partial charge on any atom is -0.465 e. The lowest BCUT2D eigenvalue weighted by Gasteiger charge is -2.06. The number of rotatable bonds is 6. The molecule has 2 aromatic carbocycles. The lowest BCUT2D eigenvalue weighted by atomic mass is 10.1. The van der Waals surface area contributed by atoms with Gasteiger partial charge < -0.3 is 9.47 Å². The Bertz CT molecular complexity index is 741. The third-order valence-electron chi connectivity index (χ3n) is 3.40. The highest BCUT2D eigenvalue weighted by Crippen LogP contribution is 2.26. The van der Waals surface area contributed by atoms with Crippen molar-refractivity contribution in [1.82, 2.24) is 9.78 Å². The fraction of sp³-hybridized carbons (Fsp3) is 0.158. The van der Waals surface area contributed by atoms with E-state index in [-0.39, 0.29) is 6.61 Å². The van der Waals surface area contributed by atoms with Crippen LogP contribution in [0.4, 0.5) is 0 Å². The Labute approximate surface area is 140 Å². The molecule has 0 fully saturated rings. The van der Waals surface area contributed by atoms with Gasteiger partial charge in [0, 0.05) is 11.6 Å². The number of aromatic nitrogens is 2. The monoisotopic (exact) mass is 322 g/mol. The summed E-state index contributed by atoms with van der Waals surface area (Å²) >= 11 is 0. The Morgan fingerprint density at radius 3 is 2.38 bits per heavy atom. The van der Waals surface area contributed by atoms with Crippen LogP contribution in [0.25, 0.3) is 16.9 Å². The second-order valence-electron chi connectivity index (χ2n) is 5.07. The van der Waals surface area contributed by atoms with Crippen molar-refractivity contribution >= 4 is 5.97 Å². The van der Waals surface area contributed by atoms with Crippen LogP contribution in [-0.4, -0.2) is 29.0 Å². The zero-order valence-corrected chi connectivity index (χ0v) is 13.4. The molecule has 3 rings (SSSR count). The summed E-state index contributed by atoms with van der Waals surface area (Å²) in [5, 5.41) is 4.48. The van der Waals surface area contributed by atoms with Crippen molar-refractivity contribution in [3.8, 4) is 22.8 Å². The van der Waals surface area contributed by atoms with Gasteiger partial charge >= 0.3 is 5.97 Å². The molecule has 0 spiro atoms. The van der Waals surface area contributed by atoms with E-state index in [2.05, 4.69) is 5.10 Å². The molecule has 0 atom stereocenters. The first-order valence-electron chi connectivity index (χ1n) is 7.77. The zero-order chi connectivity index (χ0) is 16.8. The van der Waals surface area contributed by atoms with Gasteiger partial charge in [0.15, 0.2) is 6.61 Å². The molecule has 0 saturated carbocycles. The van der Waals surface area contributed by atoms with Crippen LogP contribution in [0.3, 0.4) is 0 Å². The van der Waals surface area contributed by atoms with E-state index in [1.54, 1.807) is 11.6 Å². The quantitative estimate of drug-likeness (QED) is 0.652. The van der Waals surface area contributed by atoms with Gasteiger partial charge in [0.25, 0.3) is 0 Å². The molecule has 0 N–H and O–H groups in total. The summed E-state index contributed by atoms with van der Waals surface area (Å²) < 4.78 is 12.2. The smallest absolute Gasteiger partial charge is 0.344 e. The molecule has 5 heteroatoms. The number of hydrogen-bond acceptors (Lipinski definition) is 4. The highest BCUT2D eigenvalue weighted by Gasteiger charge is 2.13. The van der Waals surface area contributed by atoms with Gasteiger partial charge in [0.1, 0.15) is 0 Å². The summed E-state index contributed by atoms with van der Waals surface area (Å²) in [6, 6.07) is 21.5. The Hall–Kier alpha value is -3.08. The number of carbonyl (C=O) groups is 1. The van der Waals surface area contributed by atoms with Crippen LogP contribution < -0.4 is 4.74 Å². The highest BCUT2D eigenvalue weighted by atomic mass is 16.6. The number of para-hydroxylation sites is 1. The van der Waals surface area contributed by atoms with E-state index in [0.29, 0.717) is 12.5 Å². The average Bonchev–Trinajstić information content (AvgIpc) is 3.06. The maximum atomic E-state index is 11.5. The van der Waals surface area contributed by atoms with Gasteiger partial charge in [-0.05, 0) is 19.1 Å². The SMILES string of the molecule is CCOC(=O)COc1cc(-c2ccccc2)n(-c2ccccc2)n1. The lowest BCUT2D eigenvalue weighted by molar-refractivity contribution is -0.145. The van der Waals surface area contributed by atoms with Crippen molar-refractivity contribution in [2.24, 2.45) is 0 Å². The van der Waals surface area contributed by atoms with Crippen molar-refractivity contribution in [2.75, 3.05) is 13.2 Å². The molecule has 0 bridgehead atoms. The summed E-state index contributed by atoms with van der Waals surface area (Å²) in [7, 11) is 0. The topological polar surface area (TPSA) is 53.4 Å². The van der Waals surface area contributed by atoms with Crippen LogP contribution in [0.1, 0.15) is 6.92 Å². The molecule has 0 radical (unpaired) electrons. The summed E-state index contributed by atoms with van der Waals surface area (Å²) in [6.45, 7) is 1.93. The third kappa shape index (κ3) is 3.63. The van der Waals surface area contributed by atoms with Crippen LogP contribution in [0.15, 0.2) is 66.7 Å². The molecule has 0 unspecified atom stereocenters. The van der Waals surface area contributed by atoms with Gasteiger partial charge in [-0.25, -0.2) is 9.48 Å². The van der Waals surface area contributed by atoms with E-state index >= 15 is 0 Å². The van der Waals surface area contributed by atoms with Crippen LogP contribution in [0, 0.1) is 0 Å². The van der Waals surface area contributed by atoms with Gasteiger partial charge in [0.2, 0.25) is 5.88 Å². The molecule has 1 aromatic heterocycles. The molecule has 3 aromatic rings. The summed E-state index contributed by atoms with van der Waals surface area (Å²) in [4.78, 5) is 11.5. The highest BCUT2D eigenvalue weighted by molar-refractivity contribution is 5.71. The standard InChI is InChI=1S/C19H18N2O3/c1-2-23-19(22)14-24-18-13-17(15-9-5-3-6-10-15)21(20-18)16-11-7-4-8-12-16/h3-13H,2,14H2,1H3. The largest absolute Gasteiger partial charge is 0.465 e. The Morgan fingerprint density at radius 1 is 1.04 bits per heavy atom. The van der Waals surface area contributed by atoms with E-state index in [1.807, 2.05) is 66.7 Å². The fourth-order valence-corrected chi connectivity index (χ4v) is 2.35. The molecule has 0 amide bonds. The van der Waals surface area contributed by atoms with Crippen LogP contribution >= 0.6 is 0 Å². The van der Waals surface area contributed by atoms with E-state index < -0.39 is 5.97 Å². The normalized spacial score (nSPS) is 10.4. The lowest BCUT2D eigenvalue weighted by Crippen LogP contribution is -2.14. The van der Waals surface area contributed by atoms with E-state index in [1.165, 1.54) is 0 Å². The molecule has 0 aliphatic rings. The van der Waals surface area contributed by atoms with E-state index in [4.69, 9.17) is 9.47 Å². The first kappa shape index (κ1) is 15.8. The van der Waals surface area contributed by atoms with Crippen LogP contribution in [-0.2, 0) is 9.53 Å². The van der Waals surface area contributed by atoms with Crippen molar-refractivity contribution in [3.63, 3.8) is 0 Å². The molecule has 122 valence electrons. The maximum Gasteiger partial charge on any atom is 0.344 e. The average molecular weight is 322 g/mol. The Kier molecular flexibility index (Phi) is 4.91. The minimum absolute atomic E-state index is 0.159. The second-order valence-corrected chi connectivity index (χ2v) is 5.07. The van der Waals surface area contributed by atoms with Gasteiger partial charge in [-0.1, -0.05) is 48.5 Å². The predicted molar refractivity (Wildman–Crippen MR) is 91.1 cm³/mol. The number of hydrogen-bond donors (Lipinski definition) is 0. The van der Waals surface area contributed by atoms with E-state index in [9.17, 15) is 4.79 Å². The van der Waals surface area contributed by atoms with Gasteiger partial charge in [-0.3, -0.25) is 0 Å². The molecular formula is C19H18N2O3. The summed E-state index contributed by atoms with van der Waals surface area (Å²) in [5.41, 5.74) is 2.82. The number of ether oxygens (including phenoxy) is 2. The van der Waals surface area contributed by atoms with Crippen LogP contribution in [0.2, 0.25) is 0 Å². The van der Waals surface area contributed by atoms with Crippen molar-refractivity contribution in [3.05, 3.63) is 66.7 Å². The Balaban J connectivity index is 1.93. The molecule has 0 saturated heterocycles. The first-order valence-corrected chi connectivity index (χ1v) is 7.77. The minimum atomic E-state index is -0.409. The molecule has 5 nitrogen and oxygen atoms in total. The van der Waals surface area contributed by atoms with Crippen molar-refractivity contribution in [2.45, 2.75) is 6.92 Å². The maximum absolute atomic E-state index is 11.5. The number of benzene rings is 2. The van der Waals surface area contributed by atoms with E-state index in [0.717, 1.165) is 16.9 Å². The number of nitrogens with zero attached hydrogens (tertiary/aromatic N) is 2. The van der Waals surface area contributed by atoms with Gasteiger partial charge in [0.05, 0.1) is 18.0 Å². The molecular weight excluding hydrogens is 304 g/mol.